The quantitative estimate of drug-likeness (QED) is 0.638. The minimum atomic E-state index is -0.170. The lowest BCUT2D eigenvalue weighted by Crippen LogP contribution is -2.48. The largest absolute Gasteiger partial charge is 0.497 e. The lowest BCUT2D eigenvalue weighted by molar-refractivity contribution is 0.204. The van der Waals surface area contributed by atoms with E-state index in [9.17, 15) is 4.79 Å². The molecule has 0 aromatic carbocycles. The second kappa shape index (κ2) is 8.09. The first-order valence-electron chi connectivity index (χ1n) is 7.30. The van der Waals surface area contributed by atoms with Crippen molar-refractivity contribution in [3.63, 3.8) is 0 Å². The van der Waals surface area contributed by atoms with Crippen molar-refractivity contribution in [2.45, 2.75) is 0 Å². The van der Waals surface area contributed by atoms with E-state index >= 15 is 0 Å². The van der Waals surface area contributed by atoms with Gasteiger partial charge in [0.05, 0.1) is 12.8 Å². The number of ether oxygens (including phenoxy) is 1. The van der Waals surface area contributed by atoms with Crippen molar-refractivity contribution in [2.75, 3.05) is 38.6 Å². The maximum absolute atomic E-state index is 12.2. The first kappa shape index (κ1) is 16.7. The number of nitrogens with one attached hydrogen (secondary N) is 2. The normalized spacial score (nSPS) is 15.0. The number of carbonyl (C=O) groups is 1. The van der Waals surface area contributed by atoms with E-state index in [-0.39, 0.29) is 6.03 Å². The second-order valence-corrected chi connectivity index (χ2v) is 4.90. The molecule has 2 heterocycles. The molecule has 1 aliphatic heterocycles. The third-order valence-corrected chi connectivity index (χ3v) is 3.41. The van der Waals surface area contributed by atoms with Crippen LogP contribution in [0.2, 0.25) is 0 Å². The topological polar surface area (TPSA) is 79.4 Å². The van der Waals surface area contributed by atoms with Crippen molar-refractivity contribution in [2.24, 2.45) is 0 Å². The Morgan fingerprint density at radius 1 is 1.43 bits per heavy atom. The van der Waals surface area contributed by atoms with Crippen LogP contribution in [-0.2, 0) is 4.74 Å². The van der Waals surface area contributed by atoms with Crippen LogP contribution < -0.4 is 10.6 Å². The summed E-state index contributed by atoms with van der Waals surface area (Å²) >= 11 is 0. The lowest BCUT2D eigenvalue weighted by atomic mass is 10.1. The molecule has 0 unspecified atom stereocenters. The Kier molecular flexibility index (Phi) is 5.87. The van der Waals surface area contributed by atoms with Crippen LogP contribution in [-0.4, -0.2) is 54.2 Å². The molecular weight excluding hydrogens is 294 g/mol. The summed E-state index contributed by atoms with van der Waals surface area (Å²) in [7, 11) is 1.54. The highest BCUT2D eigenvalue weighted by atomic mass is 16.5. The molecule has 2 rings (SSSR count). The number of hydrogen-bond acceptors (Lipinski definition) is 5. The smallest absolute Gasteiger partial charge is 0.323 e. The van der Waals surface area contributed by atoms with Crippen molar-refractivity contribution in [3.8, 4) is 0 Å². The molecule has 1 fully saturated rings. The standard InChI is InChI=1S/C16H21N5O2/c1-4-5-13(12(2)23-3)14-10-15(19-11-18-14)20-16(22)21-8-6-17-7-9-21/h4-5,10-11,17H,1-2,6-9H2,3H3,(H,18,19,20,22)/b13-5+. The summed E-state index contributed by atoms with van der Waals surface area (Å²) in [4.78, 5) is 22.3. The molecule has 1 aromatic heterocycles. The number of hydrogen-bond donors (Lipinski definition) is 2. The predicted molar refractivity (Wildman–Crippen MR) is 89.8 cm³/mol. The van der Waals surface area contributed by atoms with Gasteiger partial charge in [-0.05, 0) is 6.08 Å². The van der Waals surface area contributed by atoms with Crippen molar-refractivity contribution in [1.29, 1.82) is 0 Å². The van der Waals surface area contributed by atoms with Gasteiger partial charge in [0, 0.05) is 37.8 Å². The fourth-order valence-corrected chi connectivity index (χ4v) is 2.18. The molecule has 0 radical (unpaired) electrons. The van der Waals surface area contributed by atoms with Gasteiger partial charge in [-0.1, -0.05) is 19.2 Å². The maximum atomic E-state index is 12.2. The number of aromatic nitrogens is 2. The average Bonchev–Trinajstić information content (AvgIpc) is 2.60. The predicted octanol–water partition coefficient (Wildman–Crippen LogP) is 1.64. The lowest BCUT2D eigenvalue weighted by Gasteiger charge is -2.27. The molecule has 122 valence electrons. The van der Waals surface area contributed by atoms with Gasteiger partial charge in [0.25, 0.3) is 0 Å². The molecular formula is C16H21N5O2. The van der Waals surface area contributed by atoms with Crippen molar-refractivity contribution >= 4 is 17.4 Å². The van der Waals surface area contributed by atoms with Crippen LogP contribution in [0.3, 0.4) is 0 Å². The van der Waals surface area contributed by atoms with Gasteiger partial charge in [0.15, 0.2) is 0 Å². The summed E-state index contributed by atoms with van der Waals surface area (Å²) < 4.78 is 5.16. The highest BCUT2D eigenvalue weighted by molar-refractivity contribution is 5.89. The fraction of sp³-hybridized carbons (Fsp3) is 0.312. The minimum absolute atomic E-state index is 0.170. The minimum Gasteiger partial charge on any atom is -0.497 e. The second-order valence-electron chi connectivity index (χ2n) is 4.90. The summed E-state index contributed by atoms with van der Waals surface area (Å²) in [6.07, 6.45) is 4.76. The Hall–Kier alpha value is -2.67. The Morgan fingerprint density at radius 2 is 2.17 bits per heavy atom. The average molecular weight is 315 g/mol. The summed E-state index contributed by atoms with van der Waals surface area (Å²) in [6.45, 7) is 10.4. The van der Waals surface area contributed by atoms with Gasteiger partial charge < -0.3 is 15.0 Å². The molecule has 23 heavy (non-hydrogen) atoms. The van der Waals surface area contributed by atoms with E-state index in [0.29, 0.717) is 35.9 Å². The molecule has 1 aliphatic rings. The van der Waals surface area contributed by atoms with E-state index < -0.39 is 0 Å². The van der Waals surface area contributed by atoms with Gasteiger partial charge in [-0.15, -0.1) is 0 Å². The Labute approximate surface area is 135 Å². The summed E-state index contributed by atoms with van der Waals surface area (Å²) in [5.74, 6) is 0.889. The van der Waals surface area contributed by atoms with Crippen molar-refractivity contribution in [3.05, 3.63) is 49.2 Å². The molecule has 0 atom stereocenters. The zero-order valence-corrected chi connectivity index (χ0v) is 13.2. The fourth-order valence-electron chi connectivity index (χ4n) is 2.18. The van der Waals surface area contributed by atoms with Crippen LogP contribution in [0.1, 0.15) is 5.69 Å². The number of amides is 2. The van der Waals surface area contributed by atoms with E-state index in [2.05, 4.69) is 33.8 Å². The molecule has 0 saturated carbocycles. The zero-order valence-electron chi connectivity index (χ0n) is 13.2. The van der Waals surface area contributed by atoms with Crippen LogP contribution in [0.15, 0.2) is 43.5 Å². The molecule has 0 aliphatic carbocycles. The molecule has 7 heteroatoms. The van der Waals surface area contributed by atoms with Crippen LogP contribution in [0, 0.1) is 0 Å². The number of allylic oxidation sites excluding steroid dienone is 3. The van der Waals surface area contributed by atoms with E-state index in [1.54, 1.807) is 23.1 Å². The van der Waals surface area contributed by atoms with E-state index in [1.165, 1.54) is 13.4 Å². The summed E-state index contributed by atoms with van der Waals surface area (Å²) in [5.41, 5.74) is 1.28. The monoisotopic (exact) mass is 315 g/mol. The van der Waals surface area contributed by atoms with Crippen LogP contribution >= 0.6 is 0 Å². The molecule has 2 N–H and O–H groups in total. The maximum Gasteiger partial charge on any atom is 0.323 e. The van der Waals surface area contributed by atoms with Crippen molar-refractivity contribution in [1.82, 2.24) is 20.2 Å². The van der Waals surface area contributed by atoms with E-state index in [0.717, 1.165) is 13.1 Å². The van der Waals surface area contributed by atoms with Crippen LogP contribution in [0.25, 0.3) is 5.57 Å². The van der Waals surface area contributed by atoms with Crippen LogP contribution in [0.4, 0.5) is 10.6 Å². The molecule has 0 bridgehead atoms. The van der Waals surface area contributed by atoms with Gasteiger partial charge in [-0.2, -0.15) is 0 Å². The number of methoxy groups -OCH3 is 1. The zero-order chi connectivity index (χ0) is 16.7. The van der Waals surface area contributed by atoms with Gasteiger partial charge in [0.2, 0.25) is 0 Å². The highest BCUT2D eigenvalue weighted by Crippen LogP contribution is 2.22. The van der Waals surface area contributed by atoms with Gasteiger partial charge in [-0.25, -0.2) is 14.8 Å². The number of carbonyl (C=O) groups excluding carboxylic acids is 1. The molecule has 2 amide bonds. The molecule has 0 spiro atoms. The molecule has 1 saturated heterocycles. The summed E-state index contributed by atoms with van der Waals surface area (Å²) in [5, 5.41) is 5.99. The SMILES string of the molecule is C=C/C=C(\C(=C)OC)c1cc(NC(=O)N2CCNCC2)ncn1. The first-order valence-corrected chi connectivity index (χ1v) is 7.30. The van der Waals surface area contributed by atoms with Crippen LogP contribution in [0.5, 0.6) is 0 Å². The Balaban J connectivity index is 2.15. The third-order valence-electron chi connectivity index (χ3n) is 3.41. The van der Waals surface area contributed by atoms with E-state index in [4.69, 9.17) is 4.74 Å². The molecule has 1 aromatic rings. The summed E-state index contributed by atoms with van der Waals surface area (Å²) in [6, 6.07) is 1.51. The van der Waals surface area contributed by atoms with Gasteiger partial charge in [0.1, 0.15) is 17.9 Å². The van der Waals surface area contributed by atoms with Gasteiger partial charge >= 0.3 is 6.03 Å². The third kappa shape index (κ3) is 4.40. The van der Waals surface area contributed by atoms with E-state index in [1.807, 2.05) is 0 Å². The Morgan fingerprint density at radius 3 is 2.83 bits per heavy atom. The number of rotatable bonds is 5. The number of piperazine rings is 1. The Bertz CT molecular complexity index is 621. The first-order chi connectivity index (χ1) is 11.2. The van der Waals surface area contributed by atoms with Crippen molar-refractivity contribution < 1.29 is 9.53 Å². The van der Waals surface area contributed by atoms with Gasteiger partial charge in [-0.3, -0.25) is 5.32 Å². The number of anilines is 1. The highest BCUT2D eigenvalue weighted by Gasteiger charge is 2.17. The number of nitrogens with zero attached hydrogens (tertiary/aromatic N) is 3. The molecule has 7 nitrogen and oxygen atoms in total. The number of urea groups is 1.